The van der Waals surface area contributed by atoms with E-state index < -0.39 is 5.97 Å². The molecule has 0 aromatic carbocycles. The molecule has 1 amide bonds. The second kappa shape index (κ2) is 7.55. The number of rotatable bonds is 7. The summed E-state index contributed by atoms with van der Waals surface area (Å²) in [5, 5.41) is 17.2. The third-order valence-electron chi connectivity index (χ3n) is 6.08. The number of likely N-dealkylation sites (tertiary alicyclic amines) is 1. The predicted molar refractivity (Wildman–Crippen MR) is 92.7 cm³/mol. The van der Waals surface area contributed by atoms with Crippen molar-refractivity contribution in [3.63, 3.8) is 0 Å². The van der Waals surface area contributed by atoms with Gasteiger partial charge in [-0.2, -0.15) is 10.2 Å². The van der Waals surface area contributed by atoms with E-state index in [1.54, 1.807) is 0 Å². The van der Waals surface area contributed by atoms with Crippen molar-refractivity contribution in [2.45, 2.75) is 63.5 Å². The first-order chi connectivity index (χ1) is 12.0. The maximum atomic E-state index is 12.6. The average molecular weight is 345 g/mol. The normalized spacial score (nSPS) is 29.6. The Morgan fingerprint density at radius 2 is 2.00 bits per heavy atom. The number of hydrogen-bond acceptors (Lipinski definition) is 4. The molecule has 1 aliphatic carbocycles. The van der Waals surface area contributed by atoms with Crippen LogP contribution in [0.2, 0.25) is 0 Å². The highest BCUT2D eigenvalue weighted by Crippen LogP contribution is 2.41. The minimum Gasteiger partial charge on any atom is -0.481 e. The molecule has 1 saturated heterocycles. The molecule has 0 radical (unpaired) electrons. The topological polar surface area (TPSA) is 82.3 Å². The van der Waals surface area contributed by atoms with Crippen LogP contribution in [0.3, 0.4) is 0 Å². The highest BCUT2D eigenvalue weighted by atomic mass is 16.4. The Hall–Kier alpha value is -1.90. The molecule has 6 nitrogen and oxygen atoms in total. The lowest BCUT2D eigenvalue weighted by Gasteiger charge is -2.43. The maximum absolute atomic E-state index is 12.6. The fraction of sp³-hybridized carbons (Fsp3) is 0.789. The van der Waals surface area contributed by atoms with Gasteiger partial charge in [-0.15, -0.1) is 12.3 Å². The van der Waals surface area contributed by atoms with Crippen LogP contribution in [0.1, 0.15) is 57.8 Å². The first-order valence-corrected chi connectivity index (χ1v) is 9.38. The van der Waals surface area contributed by atoms with Gasteiger partial charge in [0.1, 0.15) is 0 Å². The standard InChI is InChI=1S/C19H27N3O3/c1-2-3-8-19(20-21-19)9-6-17(23)22-10-7-15-11-14(12-18(24)25)4-5-16(15)13-22/h1,14-16H,3-13H2,(H,24,25). The van der Waals surface area contributed by atoms with Crippen LogP contribution >= 0.6 is 0 Å². The average Bonchev–Trinajstić information content (AvgIpc) is 3.37. The van der Waals surface area contributed by atoms with Crippen LogP contribution in [0.5, 0.6) is 0 Å². The summed E-state index contributed by atoms with van der Waals surface area (Å²) in [6.45, 7) is 1.63. The van der Waals surface area contributed by atoms with E-state index in [0.717, 1.165) is 45.2 Å². The van der Waals surface area contributed by atoms with Crippen LogP contribution in [0.15, 0.2) is 10.2 Å². The third-order valence-corrected chi connectivity index (χ3v) is 6.08. The van der Waals surface area contributed by atoms with E-state index in [0.29, 0.717) is 43.4 Å². The summed E-state index contributed by atoms with van der Waals surface area (Å²) in [5.41, 5.74) is -0.380. The molecule has 6 heteroatoms. The Labute approximate surface area is 149 Å². The summed E-state index contributed by atoms with van der Waals surface area (Å²) in [6, 6.07) is 0. The summed E-state index contributed by atoms with van der Waals surface area (Å²) in [6.07, 6.45) is 12.1. The van der Waals surface area contributed by atoms with Crippen molar-refractivity contribution < 1.29 is 14.7 Å². The quantitative estimate of drug-likeness (QED) is 0.720. The van der Waals surface area contributed by atoms with Crippen LogP contribution in [-0.4, -0.2) is 40.6 Å². The van der Waals surface area contributed by atoms with E-state index in [1.807, 2.05) is 4.90 Å². The smallest absolute Gasteiger partial charge is 0.303 e. The molecule has 3 rings (SSSR count). The van der Waals surface area contributed by atoms with Gasteiger partial charge in [0.15, 0.2) is 5.66 Å². The molecule has 2 heterocycles. The number of amides is 1. The van der Waals surface area contributed by atoms with Crippen LogP contribution in [0.4, 0.5) is 0 Å². The van der Waals surface area contributed by atoms with E-state index in [4.69, 9.17) is 11.5 Å². The van der Waals surface area contributed by atoms with E-state index in [1.165, 1.54) is 0 Å². The molecular weight excluding hydrogens is 318 g/mol. The minimum absolute atomic E-state index is 0.198. The van der Waals surface area contributed by atoms with Gasteiger partial charge in [0.2, 0.25) is 5.91 Å². The number of carbonyl (C=O) groups is 2. The summed E-state index contributed by atoms with van der Waals surface area (Å²) in [4.78, 5) is 25.5. The zero-order chi connectivity index (χ0) is 17.9. The molecule has 0 spiro atoms. The number of fused-ring (bicyclic) bond motifs is 1. The van der Waals surface area contributed by atoms with Gasteiger partial charge in [-0.1, -0.05) is 0 Å². The van der Waals surface area contributed by atoms with Crippen LogP contribution in [-0.2, 0) is 9.59 Å². The number of hydrogen-bond donors (Lipinski definition) is 1. The minimum atomic E-state index is -0.689. The number of piperidine rings is 1. The van der Waals surface area contributed by atoms with Crippen LogP contribution in [0.25, 0.3) is 0 Å². The van der Waals surface area contributed by atoms with E-state index >= 15 is 0 Å². The molecule has 3 unspecified atom stereocenters. The van der Waals surface area contributed by atoms with Crippen molar-refractivity contribution >= 4 is 11.9 Å². The third kappa shape index (κ3) is 4.59. The Bertz CT molecular complexity index is 589. The van der Waals surface area contributed by atoms with Crippen LogP contribution < -0.4 is 0 Å². The van der Waals surface area contributed by atoms with Gasteiger partial charge >= 0.3 is 5.97 Å². The van der Waals surface area contributed by atoms with Gasteiger partial charge in [0.05, 0.1) is 0 Å². The summed E-state index contributed by atoms with van der Waals surface area (Å²) < 4.78 is 0. The monoisotopic (exact) mass is 345 g/mol. The highest BCUT2D eigenvalue weighted by molar-refractivity contribution is 5.76. The zero-order valence-corrected chi connectivity index (χ0v) is 14.7. The van der Waals surface area contributed by atoms with Gasteiger partial charge in [-0.25, -0.2) is 0 Å². The second-order valence-electron chi connectivity index (χ2n) is 7.81. The lowest BCUT2D eigenvalue weighted by molar-refractivity contribution is -0.138. The van der Waals surface area contributed by atoms with E-state index in [2.05, 4.69) is 16.1 Å². The number of aliphatic carboxylic acids is 1. The lowest BCUT2D eigenvalue weighted by Crippen LogP contribution is -2.46. The number of terminal acetylenes is 1. The van der Waals surface area contributed by atoms with Gasteiger partial charge in [0.25, 0.3) is 0 Å². The van der Waals surface area contributed by atoms with Crippen molar-refractivity contribution in [3.05, 3.63) is 0 Å². The van der Waals surface area contributed by atoms with E-state index in [9.17, 15) is 9.59 Å². The Balaban J connectivity index is 1.43. The predicted octanol–water partition coefficient (Wildman–Crippen LogP) is 3.08. The molecule has 3 aliphatic rings. The Morgan fingerprint density at radius 3 is 2.68 bits per heavy atom. The van der Waals surface area contributed by atoms with Crippen molar-refractivity contribution in [3.8, 4) is 12.3 Å². The zero-order valence-electron chi connectivity index (χ0n) is 14.7. The van der Waals surface area contributed by atoms with Crippen molar-refractivity contribution in [1.29, 1.82) is 0 Å². The molecule has 1 saturated carbocycles. The molecule has 0 aromatic rings. The Morgan fingerprint density at radius 1 is 1.20 bits per heavy atom. The summed E-state index contributed by atoms with van der Waals surface area (Å²) in [7, 11) is 0. The lowest BCUT2D eigenvalue weighted by atomic mass is 9.70. The van der Waals surface area contributed by atoms with E-state index in [-0.39, 0.29) is 11.6 Å². The number of nitrogens with zero attached hydrogens (tertiary/aromatic N) is 3. The fourth-order valence-electron chi connectivity index (χ4n) is 4.51. The first kappa shape index (κ1) is 17.9. The first-order valence-electron chi connectivity index (χ1n) is 9.38. The number of carboxylic acid groups (broad SMARTS) is 1. The molecule has 3 atom stereocenters. The largest absolute Gasteiger partial charge is 0.481 e. The molecule has 2 aliphatic heterocycles. The van der Waals surface area contributed by atoms with Gasteiger partial charge in [-0.3, -0.25) is 9.59 Å². The number of carboxylic acids is 1. The van der Waals surface area contributed by atoms with Gasteiger partial charge in [-0.05, 0) is 43.4 Å². The maximum Gasteiger partial charge on any atom is 0.303 e. The molecule has 136 valence electrons. The number of carbonyl (C=O) groups excluding carboxylic acids is 1. The molecule has 25 heavy (non-hydrogen) atoms. The molecule has 0 bridgehead atoms. The highest BCUT2D eigenvalue weighted by Gasteiger charge is 2.41. The molecule has 1 N–H and O–H groups in total. The summed E-state index contributed by atoms with van der Waals surface area (Å²) in [5.74, 6) is 3.55. The molecule has 2 fully saturated rings. The summed E-state index contributed by atoms with van der Waals surface area (Å²) >= 11 is 0. The van der Waals surface area contributed by atoms with Crippen molar-refractivity contribution in [2.75, 3.05) is 13.1 Å². The van der Waals surface area contributed by atoms with Crippen molar-refractivity contribution in [2.24, 2.45) is 28.0 Å². The van der Waals surface area contributed by atoms with Crippen LogP contribution in [0, 0.1) is 30.1 Å². The van der Waals surface area contributed by atoms with Crippen molar-refractivity contribution in [1.82, 2.24) is 4.90 Å². The second-order valence-corrected chi connectivity index (χ2v) is 7.81. The molecular formula is C19H27N3O3. The Kier molecular flexibility index (Phi) is 5.41. The van der Waals surface area contributed by atoms with Gasteiger partial charge < -0.3 is 10.0 Å². The molecule has 0 aromatic heterocycles. The fourth-order valence-corrected chi connectivity index (χ4v) is 4.51. The SMILES string of the molecule is C#CCCC1(CCC(=O)N2CCC3CC(CC(=O)O)CCC3C2)N=N1. The van der Waals surface area contributed by atoms with Gasteiger partial charge in [0, 0.05) is 45.2 Å².